The second kappa shape index (κ2) is 5.67. The summed E-state index contributed by atoms with van der Waals surface area (Å²) in [5, 5.41) is 3.12. The second-order valence-electron chi connectivity index (χ2n) is 6.61. The summed E-state index contributed by atoms with van der Waals surface area (Å²) in [7, 11) is 0. The number of fused-ring (bicyclic) bond motifs is 1. The number of halogens is 2. The van der Waals surface area contributed by atoms with Crippen molar-refractivity contribution in [3.63, 3.8) is 0 Å². The molecule has 1 fully saturated rings. The lowest BCUT2D eigenvalue weighted by atomic mass is 9.81. The normalized spacial score (nSPS) is 26.7. The van der Waals surface area contributed by atoms with Crippen LogP contribution in [-0.4, -0.2) is 41.8 Å². The Morgan fingerprint density at radius 2 is 1.78 bits per heavy atom. The zero-order chi connectivity index (χ0) is 16.8. The summed E-state index contributed by atoms with van der Waals surface area (Å²) >= 11 is 0. The number of carbonyl (C=O) groups excluding carboxylic acids is 2. The van der Waals surface area contributed by atoms with Gasteiger partial charge in [0.15, 0.2) is 0 Å². The first-order chi connectivity index (χ1) is 10.8. The number of piperidine rings is 1. The molecule has 0 aliphatic carbocycles. The van der Waals surface area contributed by atoms with Crippen LogP contribution in [0.3, 0.4) is 0 Å². The van der Waals surface area contributed by atoms with E-state index in [9.17, 15) is 18.4 Å². The van der Waals surface area contributed by atoms with Gasteiger partial charge in [-0.15, -0.1) is 0 Å². The molecular weight excluding hydrogens is 302 g/mol. The van der Waals surface area contributed by atoms with Gasteiger partial charge < -0.3 is 5.32 Å². The summed E-state index contributed by atoms with van der Waals surface area (Å²) in [6, 6.07) is 6.03. The molecule has 1 saturated heterocycles. The summed E-state index contributed by atoms with van der Waals surface area (Å²) in [6.07, 6.45) is -0.274. The molecule has 23 heavy (non-hydrogen) atoms. The van der Waals surface area contributed by atoms with Crippen molar-refractivity contribution in [3.8, 4) is 0 Å². The summed E-state index contributed by atoms with van der Waals surface area (Å²) < 4.78 is 28.9. The fraction of sp³-hybridized carbons (Fsp3) is 0.529. The van der Waals surface area contributed by atoms with Crippen molar-refractivity contribution in [1.82, 2.24) is 10.2 Å². The first-order valence-electron chi connectivity index (χ1n) is 7.89. The smallest absolute Gasteiger partial charge is 0.261 e. The first kappa shape index (κ1) is 16.1. The van der Waals surface area contributed by atoms with Gasteiger partial charge in [-0.05, 0) is 18.1 Å². The molecule has 0 spiro atoms. The Morgan fingerprint density at radius 1 is 1.22 bits per heavy atom. The van der Waals surface area contributed by atoms with E-state index < -0.39 is 29.7 Å². The SMILES string of the molecule is CC(C)C1NCCC(F)(F)C1CN1C(=O)c2ccccc2C1=O. The molecule has 2 aliphatic rings. The highest BCUT2D eigenvalue weighted by molar-refractivity contribution is 6.21. The predicted molar refractivity (Wildman–Crippen MR) is 81.5 cm³/mol. The number of amides is 2. The van der Waals surface area contributed by atoms with Crippen molar-refractivity contribution in [3.05, 3.63) is 35.4 Å². The maximum absolute atomic E-state index is 14.4. The highest BCUT2D eigenvalue weighted by atomic mass is 19.3. The summed E-state index contributed by atoms with van der Waals surface area (Å²) in [5.74, 6) is -4.93. The number of benzene rings is 1. The molecule has 2 aliphatic heterocycles. The highest BCUT2D eigenvalue weighted by Gasteiger charge is 2.50. The van der Waals surface area contributed by atoms with Gasteiger partial charge in [0.2, 0.25) is 0 Å². The van der Waals surface area contributed by atoms with Crippen LogP contribution < -0.4 is 5.32 Å². The molecular formula is C17H20F2N2O2. The van der Waals surface area contributed by atoms with Crippen LogP contribution in [0.5, 0.6) is 0 Å². The van der Waals surface area contributed by atoms with E-state index in [1.54, 1.807) is 24.3 Å². The van der Waals surface area contributed by atoms with Crippen LogP contribution in [0.2, 0.25) is 0 Å². The lowest BCUT2D eigenvalue weighted by molar-refractivity contribution is -0.106. The lowest BCUT2D eigenvalue weighted by Gasteiger charge is -2.42. The van der Waals surface area contributed by atoms with Crippen LogP contribution in [0, 0.1) is 11.8 Å². The molecule has 0 radical (unpaired) electrons. The first-order valence-corrected chi connectivity index (χ1v) is 7.89. The van der Waals surface area contributed by atoms with E-state index in [0.29, 0.717) is 11.1 Å². The number of alkyl halides is 2. The largest absolute Gasteiger partial charge is 0.313 e. The Hall–Kier alpha value is -1.82. The van der Waals surface area contributed by atoms with Crippen LogP contribution in [0.15, 0.2) is 24.3 Å². The molecule has 124 valence electrons. The molecule has 1 aromatic carbocycles. The van der Waals surface area contributed by atoms with Crippen LogP contribution in [-0.2, 0) is 0 Å². The van der Waals surface area contributed by atoms with E-state index in [0.717, 1.165) is 4.90 Å². The van der Waals surface area contributed by atoms with Gasteiger partial charge in [-0.25, -0.2) is 8.78 Å². The quantitative estimate of drug-likeness (QED) is 0.870. The molecule has 2 atom stereocenters. The van der Waals surface area contributed by atoms with Gasteiger partial charge in [-0.2, -0.15) is 0 Å². The van der Waals surface area contributed by atoms with Gasteiger partial charge in [0.05, 0.1) is 17.0 Å². The minimum absolute atomic E-state index is 0.0126. The minimum atomic E-state index is -2.89. The third kappa shape index (κ3) is 2.65. The number of imide groups is 1. The van der Waals surface area contributed by atoms with E-state index in [2.05, 4.69) is 5.32 Å². The maximum Gasteiger partial charge on any atom is 0.261 e. The molecule has 2 amide bonds. The average molecular weight is 322 g/mol. The van der Waals surface area contributed by atoms with Crippen molar-refractivity contribution in [2.45, 2.75) is 32.2 Å². The number of nitrogens with zero attached hydrogens (tertiary/aromatic N) is 1. The number of rotatable bonds is 3. The van der Waals surface area contributed by atoms with E-state index in [-0.39, 0.29) is 25.4 Å². The predicted octanol–water partition coefficient (Wildman–Crippen LogP) is 2.55. The van der Waals surface area contributed by atoms with Crippen molar-refractivity contribution in [2.75, 3.05) is 13.1 Å². The molecule has 3 rings (SSSR count). The van der Waals surface area contributed by atoms with Crippen molar-refractivity contribution in [1.29, 1.82) is 0 Å². The minimum Gasteiger partial charge on any atom is -0.313 e. The summed E-state index contributed by atoms with van der Waals surface area (Å²) in [4.78, 5) is 25.8. The van der Waals surface area contributed by atoms with Gasteiger partial charge in [-0.3, -0.25) is 14.5 Å². The number of hydrogen-bond donors (Lipinski definition) is 1. The second-order valence-corrected chi connectivity index (χ2v) is 6.61. The topological polar surface area (TPSA) is 49.4 Å². The van der Waals surface area contributed by atoms with Crippen LogP contribution >= 0.6 is 0 Å². The van der Waals surface area contributed by atoms with Crippen LogP contribution in [0.1, 0.15) is 41.0 Å². The monoisotopic (exact) mass is 322 g/mol. The van der Waals surface area contributed by atoms with Gasteiger partial charge in [0, 0.05) is 25.6 Å². The number of nitrogens with one attached hydrogen (secondary N) is 1. The molecule has 1 aromatic rings. The van der Waals surface area contributed by atoms with E-state index in [4.69, 9.17) is 0 Å². The van der Waals surface area contributed by atoms with Gasteiger partial charge in [0.25, 0.3) is 17.7 Å². The average Bonchev–Trinajstić information content (AvgIpc) is 2.74. The molecule has 0 aromatic heterocycles. The Bertz CT molecular complexity index is 610. The Labute approximate surface area is 133 Å². The fourth-order valence-electron chi connectivity index (χ4n) is 3.54. The Kier molecular flexibility index (Phi) is 3.96. The molecule has 1 N–H and O–H groups in total. The third-order valence-corrected chi connectivity index (χ3v) is 4.79. The van der Waals surface area contributed by atoms with Crippen LogP contribution in [0.4, 0.5) is 8.78 Å². The standard InChI is InChI=1S/C17H20F2N2O2/c1-10(2)14-13(17(18,19)7-8-20-14)9-21-15(22)11-5-3-4-6-12(11)16(21)23/h3-6,10,13-14,20H,7-9H2,1-2H3. The van der Waals surface area contributed by atoms with Crippen molar-refractivity contribution in [2.24, 2.45) is 11.8 Å². The van der Waals surface area contributed by atoms with E-state index in [1.165, 1.54) is 0 Å². The van der Waals surface area contributed by atoms with E-state index >= 15 is 0 Å². The number of hydrogen-bond acceptors (Lipinski definition) is 3. The Morgan fingerprint density at radius 3 is 2.30 bits per heavy atom. The molecule has 0 bridgehead atoms. The molecule has 2 unspecified atom stereocenters. The van der Waals surface area contributed by atoms with Gasteiger partial charge >= 0.3 is 0 Å². The van der Waals surface area contributed by atoms with Gasteiger partial charge in [-0.1, -0.05) is 26.0 Å². The lowest BCUT2D eigenvalue weighted by Crippen LogP contribution is -2.58. The summed E-state index contributed by atoms with van der Waals surface area (Å²) in [5.41, 5.74) is 0.594. The van der Waals surface area contributed by atoms with Gasteiger partial charge in [0.1, 0.15) is 0 Å². The third-order valence-electron chi connectivity index (χ3n) is 4.79. The molecule has 0 saturated carbocycles. The summed E-state index contributed by atoms with van der Waals surface area (Å²) in [6.45, 7) is 3.73. The van der Waals surface area contributed by atoms with Crippen molar-refractivity contribution < 1.29 is 18.4 Å². The molecule has 2 heterocycles. The van der Waals surface area contributed by atoms with E-state index in [1.807, 2.05) is 13.8 Å². The zero-order valence-electron chi connectivity index (χ0n) is 13.2. The molecule has 6 heteroatoms. The number of carbonyl (C=O) groups is 2. The fourth-order valence-corrected chi connectivity index (χ4v) is 3.54. The Balaban J connectivity index is 1.88. The zero-order valence-corrected chi connectivity index (χ0v) is 13.2. The molecule has 4 nitrogen and oxygen atoms in total. The maximum atomic E-state index is 14.4. The van der Waals surface area contributed by atoms with Crippen LogP contribution in [0.25, 0.3) is 0 Å². The van der Waals surface area contributed by atoms with Crippen molar-refractivity contribution >= 4 is 11.8 Å². The highest BCUT2D eigenvalue weighted by Crippen LogP contribution is 2.38.